The quantitative estimate of drug-likeness (QED) is 0.665. The van der Waals surface area contributed by atoms with Crippen molar-refractivity contribution in [1.82, 2.24) is 0 Å². The van der Waals surface area contributed by atoms with Crippen molar-refractivity contribution < 1.29 is 0 Å². The lowest BCUT2D eigenvalue weighted by molar-refractivity contribution is 0.492. The number of allylic oxidation sites excluding steroid dienone is 3. The van der Waals surface area contributed by atoms with Gasteiger partial charge in [0.15, 0.2) is 0 Å². The van der Waals surface area contributed by atoms with E-state index in [1.54, 1.807) is 0 Å². The SMILES string of the molecule is C=CCC1CC=C(c2ccc(Br)cc2)CC1. The van der Waals surface area contributed by atoms with Crippen molar-refractivity contribution in [3.63, 3.8) is 0 Å². The van der Waals surface area contributed by atoms with Gasteiger partial charge in [0.05, 0.1) is 0 Å². The van der Waals surface area contributed by atoms with Gasteiger partial charge in [-0.1, -0.05) is 40.2 Å². The Hall–Kier alpha value is -0.820. The van der Waals surface area contributed by atoms with Crippen LogP contribution in [0.3, 0.4) is 0 Å². The molecule has 0 aromatic heterocycles. The molecular formula is C15H17Br. The zero-order valence-corrected chi connectivity index (χ0v) is 11.0. The summed E-state index contributed by atoms with van der Waals surface area (Å²) in [7, 11) is 0. The fourth-order valence-corrected chi connectivity index (χ4v) is 2.53. The van der Waals surface area contributed by atoms with Crippen LogP contribution in [0, 0.1) is 5.92 Å². The van der Waals surface area contributed by atoms with Gasteiger partial charge in [-0.15, -0.1) is 6.58 Å². The first-order valence-electron chi connectivity index (χ1n) is 5.85. The van der Waals surface area contributed by atoms with Crippen LogP contribution in [-0.2, 0) is 0 Å². The first-order valence-corrected chi connectivity index (χ1v) is 6.65. The van der Waals surface area contributed by atoms with Crippen LogP contribution < -0.4 is 0 Å². The van der Waals surface area contributed by atoms with E-state index in [9.17, 15) is 0 Å². The molecule has 84 valence electrons. The van der Waals surface area contributed by atoms with Gasteiger partial charge < -0.3 is 0 Å². The molecule has 0 nitrogen and oxygen atoms in total. The summed E-state index contributed by atoms with van der Waals surface area (Å²) in [5, 5.41) is 0. The molecule has 0 N–H and O–H groups in total. The van der Waals surface area contributed by atoms with E-state index in [1.165, 1.54) is 30.4 Å². The summed E-state index contributed by atoms with van der Waals surface area (Å²) in [6.07, 6.45) is 9.32. The Balaban J connectivity index is 2.07. The molecule has 1 aromatic rings. The van der Waals surface area contributed by atoms with E-state index in [0.717, 1.165) is 16.8 Å². The van der Waals surface area contributed by atoms with Gasteiger partial charge in [0.2, 0.25) is 0 Å². The number of rotatable bonds is 3. The summed E-state index contributed by atoms with van der Waals surface area (Å²) in [6, 6.07) is 8.63. The summed E-state index contributed by atoms with van der Waals surface area (Å²) >= 11 is 3.47. The fourth-order valence-electron chi connectivity index (χ4n) is 2.26. The van der Waals surface area contributed by atoms with Gasteiger partial charge in [-0.25, -0.2) is 0 Å². The molecule has 0 saturated carbocycles. The normalized spacial score (nSPS) is 20.3. The van der Waals surface area contributed by atoms with E-state index in [4.69, 9.17) is 0 Å². The van der Waals surface area contributed by atoms with E-state index in [0.29, 0.717) is 0 Å². The zero-order chi connectivity index (χ0) is 11.4. The van der Waals surface area contributed by atoms with Gasteiger partial charge in [-0.05, 0) is 54.9 Å². The first-order chi connectivity index (χ1) is 7.79. The van der Waals surface area contributed by atoms with Gasteiger partial charge in [0, 0.05) is 4.47 Å². The van der Waals surface area contributed by atoms with Gasteiger partial charge in [0.25, 0.3) is 0 Å². The third-order valence-electron chi connectivity index (χ3n) is 3.23. The van der Waals surface area contributed by atoms with Crippen LogP contribution in [0.1, 0.15) is 31.2 Å². The summed E-state index contributed by atoms with van der Waals surface area (Å²) < 4.78 is 1.15. The molecule has 0 radical (unpaired) electrons. The smallest absolute Gasteiger partial charge is 0.0175 e. The Labute approximate surface area is 106 Å². The largest absolute Gasteiger partial charge is 0.103 e. The maximum Gasteiger partial charge on any atom is 0.0175 e. The predicted octanol–water partition coefficient (Wildman–Crippen LogP) is 5.21. The molecule has 0 fully saturated rings. The topological polar surface area (TPSA) is 0 Å². The van der Waals surface area contributed by atoms with Crippen molar-refractivity contribution in [1.29, 1.82) is 0 Å². The molecule has 1 aromatic carbocycles. The van der Waals surface area contributed by atoms with Gasteiger partial charge in [0.1, 0.15) is 0 Å². The maximum absolute atomic E-state index is 3.82. The molecule has 1 aliphatic carbocycles. The minimum Gasteiger partial charge on any atom is -0.103 e. The van der Waals surface area contributed by atoms with Crippen molar-refractivity contribution in [2.24, 2.45) is 5.92 Å². The predicted molar refractivity (Wildman–Crippen MR) is 74.3 cm³/mol. The first kappa shape index (κ1) is 11.7. The molecule has 1 unspecified atom stereocenters. The molecule has 0 bridgehead atoms. The molecule has 0 aliphatic heterocycles. The molecule has 1 atom stereocenters. The molecule has 2 rings (SSSR count). The van der Waals surface area contributed by atoms with Crippen molar-refractivity contribution in [3.8, 4) is 0 Å². The Kier molecular flexibility index (Phi) is 4.00. The molecule has 0 saturated heterocycles. The van der Waals surface area contributed by atoms with Gasteiger partial charge in [-0.2, -0.15) is 0 Å². The monoisotopic (exact) mass is 276 g/mol. The highest BCUT2D eigenvalue weighted by Crippen LogP contribution is 2.32. The van der Waals surface area contributed by atoms with E-state index in [-0.39, 0.29) is 0 Å². The second-order valence-corrected chi connectivity index (χ2v) is 5.32. The molecule has 0 amide bonds. The maximum atomic E-state index is 3.82. The van der Waals surface area contributed by atoms with Crippen molar-refractivity contribution >= 4 is 21.5 Å². The standard InChI is InChI=1S/C15H17Br/c1-2-3-12-4-6-13(7-5-12)14-8-10-15(16)11-9-14/h2,6,8-12H,1,3-5,7H2. The van der Waals surface area contributed by atoms with Crippen LogP contribution in [0.4, 0.5) is 0 Å². The lowest BCUT2D eigenvalue weighted by atomic mass is 9.85. The molecule has 1 heteroatoms. The van der Waals surface area contributed by atoms with Crippen LogP contribution in [-0.4, -0.2) is 0 Å². The Morgan fingerprint density at radius 1 is 1.31 bits per heavy atom. The Bertz CT molecular complexity index is 386. The molecular weight excluding hydrogens is 260 g/mol. The van der Waals surface area contributed by atoms with E-state index >= 15 is 0 Å². The zero-order valence-electron chi connectivity index (χ0n) is 9.45. The average molecular weight is 277 g/mol. The van der Waals surface area contributed by atoms with Crippen LogP contribution in [0.5, 0.6) is 0 Å². The minimum atomic E-state index is 0.816. The summed E-state index contributed by atoms with van der Waals surface area (Å²) in [6.45, 7) is 3.82. The van der Waals surface area contributed by atoms with E-state index < -0.39 is 0 Å². The van der Waals surface area contributed by atoms with Crippen LogP contribution in [0.2, 0.25) is 0 Å². The highest BCUT2D eigenvalue weighted by molar-refractivity contribution is 9.10. The second kappa shape index (κ2) is 5.49. The summed E-state index contributed by atoms with van der Waals surface area (Å²) in [4.78, 5) is 0. The van der Waals surface area contributed by atoms with Crippen molar-refractivity contribution in [3.05, 3.63) is 53.0 Å². The summed E-state index contributed by atoms with van der Waals surface area (Å²) in [5.74, 6) is 0.816. The number of hydrogen-bond acceptors (Lipinski definition) is 0. The van der Waals surface area contributed by atoms with Crippen molar-refractivity contribution in [2.75, 3.05) is 0 Å². The summed E-state index contributed by atoms with van der Waals surface area (Å²) in [5.41, 5.74) is 2.88. The van der Waals surface area contributed by atoms with E-state index in [1.807, 2.05) is 6.08 Å². The van der Waals surface area contributed by atoms with Gasteiger partial charge in [-0.3, -0.25) is 0 Å². The minimum absolute atomic E-state index is 0.816. The Morgan fingerprint density at radius 3 is 2.62 bits per heavy atom. The van der Waals surface area contributed by atoms with Crippen LogP contribution in [0.25, 0.3) is 5.57 Å². The number of hydrogen-bond donors (Lipinski definition) is 0. The lowest BCUT2D eigenvalue weighted by Crippen LogP contribution is -2.04. The van der Waals surface area contributed by atoms with Crippen LogP contribution >= 0.6 is 15.9 Å². The number of halogens is 1. The molecule has 1 aliphatic rings. The van der Waals surface area contributed by atoms with Crippen molar-refractivity contribution in [2.45, 2.75) is 25.7 Å². The highest BCUT2D eigenvalue weighted by Gasteiger charge is 2.13. The third kappa shape index (κ3) is 2.85. The fraction of sp³-hybridized carbons (Fsp3) is 0.333. The average Bonchev–Trinajstić information content (AvgIpc) is 2.32. The third-order valence-corrected chi connectivity index (χ3v) is 3.76. The highest BCUT2D eigenvalue weighted by atomic mass is 79.9. The molecule has 16 heavy (non-hydrogen) atoms. The van der Waals surface area contributed by atoms with Crippen LogP contribution in [0.15, 0.2) is 47.5 Å². The second-order valence-electron chi connectivity index (χ2n) is 4.40. The van der Waals surface area contributed by atoms with E-state index in [2.05, 4.69) is 52.9 Å². The Morgan fingerprint density at radius 2 is 2.06 bits per heavy atom. The lowest BCUT2D eigenvalue weighted by Gasteiger charge is -2.20. The van der Waals surface area contributed by atoms with Gasteiger partial charge >= 0.3 is 0 Å². The number of benzene rings is 1. The molecule has 0 heterocycles. The molecule has 0 spiro atoms.